The molecule has 1 heterocycles. The van der Waals surface area contributed by atoms with Gasteiger partial charge in [-0.05, 0) is 11.6 Å². The molecule has 86 valence electrons. The van der Waals surface area contributed by atoms with E-state index in [0.29, 0.717) is 11.1 Å². The second-order valence-electron chi connectivity index (χ2n) is 3.35. The molecule has 0 aliphatic rings. The van der Waals surface area contributed by atoms with Crippen molar-refractivity contribution in [3.63, 3.8) is 0 Å². The molecule has 0 spiro atoms. The van der Waals surface area contributed by atoms with E-state index in [4.69, 9.17) is 17.3 Å². The number of hydrogen-bond donors (Lipinski definition) is 1. The molecule has 5 nitrogen and oxygen atoms in total. The van der Waals surface area contributed by atoms with Crippen molar-refractivity contribution in [1.29, 1.82) is 0 Å². The molecule has 0 amide bonds. The topological polar surface area (TPSA) is 82.0 Å². The average molecular weight is 250 g/mol. The summed E-state index contributed by atoms with van der Waals surface area (Å²) in [5.41, 5.74) is 6.35. The van der Waals surface area contributed by atoms with Crippen molar-refractivity contribution in [1.82, 2.24) is 4.98 Å². The second kappa shape index (κ2) is 4.39. The van der Waals surface area contributed by atoms with Gasteiger partial charge in [0.05, 0.1) is 10.5 Å². The summed E-state index contributed by atoms with van der Waals surface area (Å²) >= 11 is 5.76. The molecule has 2 rings (SSSR count). The summed E-state index contributed by atoms with van der Waals surface area (Å²) in [5.74, 6) is -0.179. The van der Waals surface area contributed by atoms with Gasteiger partial charge in [0.1, 0.15) is 5.15 Å². The van der Waals surface area contributed by atoms with Crippen LogP contribution in [0.4, 0.5) is 11.5 Å². The quantitative estimate of drug-likeness (QED) is 0.504. The van der Waals surface area contributed by atoms with Gasteiger partial charge in [0.25, 0.3) is 0 Å². The average Bonchev–Trinajstić information content (AvgIpc) is 2.28. The number of benzene rings is 1. The van der Waals surface area contributed by atoms with E-state index in [0.717, 1.165) is 0 Å². The third-order valence-electron chi connectivity index (χ3n) is 2.26. The number of nitrogens with zero attached hydrogens (tertiary/aromatic N) is 2. The van der Waals surface area contributed by atoms with Crippen LogP contribution in [0.25, 0.3) is 11.1 Å². The standard InChI is InChI=1S/C11H8ClN3O2/c12-9-6-8(7-4-2-1-3-5-7)10(15(16)17)11(13)14-9/h1-6H,(H2,13,14). The van der Waals surface area contributed by atoms with Crippen LogP contribution in [0.1, 0.15) is 0 Å². The Hall–Kier alpha value is -2.14. The van der Waals surface area contributed by atoms with E-state index < -0.39 is 4.92 Å². The third kappa shape index (κ3) is 2.19. The summed E-state index contributed by atoms with van der Waals surface area (Å²) in [6.07, 6.45) is 0. The molecule has 1 aromatic heterocycles. The molecule has 0 unspecified atom stereocenters. The van der Waals surface area contributed by atoms with Crippen molar-refractivity contribution in [2.45, 2.75) is 0 Å². The number of halogens is 1. The predicted octanol–water partition coefficient (Wildman–Crippen LogP) is 2.89. The van der Waals surface area contributed by atoms with E-state index in [1.807, 2.05) is 6.07 Å². The summed E-state index contributed by atoms with van der Waals surface area (Å²) in [6.45, 7) is 0. The van der Waals surface area contributed by atoms with Crippen molar-refractivity contribution in [3.05, 3.63) is 51.7 Å². The Morgan fingerprint density at radius 3 is 2.53 bits per heavy atom. The van der Waals surface area contributed by atoms with Crippen LogP contribution in [0.15, 0.2) is 36.4 Å². The monoisotopic (exact) mass is 249 g/mol. The van der Waals surface area contributed by atoms with Crippen LogP contribution in [-0.2, 0) is 0 Å². The predicted molar refractivity (Wildman–Crippen MR) is 65.7 cm³/mol. The Bertz CT molecular complexity index is 572. The van der Waals surface area contributed by atoms with E-state index in [-0.39, 0.29) is 16.7 Å². The van der Waals surface area contributed by atoms with Crippen molar-refractivity contribution < 1.29 is 4.92 Å². The van der Waals surface area contributed by atoms with Crippen molar-refractivity contribution >= 4 is 23.1 Å². The van der Waals surface area contributed by atoms with Crippen molar-refractivity contribution in [2.75, 3.05) is 5.73 Å². The first kappa shape index (κ1) is 11.3. The van der Waals surface area contributed by atoms with Gasteiger partial charge in [0, 0.05) is 0 Å². The first-order valence-electron chi connectivity index (χ1n) is 4.75. The van der Waals surface area contributed by atoms with Gasteiger partial charge in [-0.25, -0.2) is 4.98 Å². The fourth-order valence-corrected chi connectivity index (χ4v) is 1.76. The highest BCUT2D eigenvalue weighted by Gasteiger charge is 2.21. The molecule has 2 N–H and O–H groups in total. The maximum atomic E-state index is 11.0. The van der Waals surface area contributed by atoms with Gasteiger partial charge >= 0.3 is 5.69 Å². The lowest BCUT2D eigenvalue weighted by atomic mass is 10.1. The fourth-order valence-electron chi connectivity index (χ4n) is 1.56. The number of nitro groups is 1. The highest BCUT2D eigenvalue weighted by Crippen LogP contribution is 2.35. The molecule has 0 atom stereocenters. The van der Waals surface area contributed by atoms with Crippen LogP contribution in [0, 0.1) is 10.1 Å². The zero-order valence-corrected chi connectivity index (χ0v) is 9.39. The Morgan fingerprint density at radius 2 is 1.94 bits per heavy atom. The zero-order chi connectivity index (χ0) is 12.4. The zero-order valence-electron chi connectivity index (χ0n) is 8.63. The van der Waals surface area contributed by atoms with Gasteiger partial charge < -0.3 is 5.73 Å². The summed E-state index contributed by atoms with van der Waals surface area (Å²) in [5, 5.41) is 11.1. The molecular formula is C11H8ClN3O2. The molecule has 6 heteroatoms. The number of anilines is 1. The molecule has 1 aromatic carbocycles. The lowest BCUT2D eigenvalue weighted by Crippen LogP contribution is -2.01. The van der Waals surface area contributed by atoms with Crippen LogP contribution in [-0.4, -0.2) is 9.91 Å². The van der Waals surface area contributed by atoms with Crippen LogP contribution >= 0.6 is 11.6 Å². The van der Waals surface area contributed by atoms with E-state index >= 15 is 0 Å². The largest absolute Gasteiger partial charge is 0.378 e. The molecule has 0 saturated heterocycles. The van der Waals surface area contributed by atoms with Gasteiger partial charge in [-0.2, -0.15) is 0 Å². The Kier molecular flexibility index (Phi) is 2.93. The molecule has 17 heavy (non-hydrogen) atoms. The van der Waals surface area contributed by atoms with Crippen molar-refractivity contribution in [2.24, 2.45) is 0 Å². The fraction of sp³-hybridized carbons (Fsp3) is 0. The van der Waals surface area contributed by atoms with Crippen molar-refractivity contribution in [3.8, 4) is 11.1 Å². The van der Waals surface area contributed by atoms with Crippen LogP contribution < -0.4 is 5.73 Å². The first-order valence-corrected chi connectivity index (χ1v) is 5.13. The Labute approximate surface area is 102 Å². The third-order valence-corrected chi connectivity index (χ3v) is 2.45. The summed E-state index contributed by atoms with van der Waals surface area (Å²) < 4.78 is 0. The van der Waals surface area contributed by atoms with Gasteiger partial charge in [-0.3, -0.25) is 10.1 Å². The number of pyridine rings is 1. The summed E-state index contributed by atoms with van der Waals surface area (Å²) in [7, 11) is 0. The number of rotatable bonds is 2. The minimum Gasteiger partial charge on any atom is -0.378 e. The minimum atomic E-state index is -0.555. The van der Waals surface area contributed by atoms with Crippen LogP contribution in [0.2, 0.25) is 5.15 Å². The maximum Gasteiger partial charge on any atom is 0.319 e. The number of aromatic nitrogens is 1. The Balaban J connectivity index is 2.72. The van der Waals surface area contributed by atoms with E-state index in [2.05, 4.69) is 4.98 Å². The maximum absolute atomic E-state index is 11.0. The lowest BCUT2D eigenvalue weighted by Gasteiger charge is -2.05. The summed E-state index contributed by atoms with van der Waals surface area (Å²) in [4.78, 5) is 14.1. The molecule has 0 aliphatic carbocycles. The van der Waals surface area contributed by atoms with Gasteiger partial charge in [0.2, 0.25) is 5.82 Å². The van der Waals surface area contributed by atoms with E-state index in [1.54, 1.807) is 24.3 Å². The SMILES string of the molecule is Nc1nc(Cl)cc(-c2ccccc2)c1[N+](=O)[O-]. The normalized spacial score (nSPS) is 10.2. The minimum absolute atomic E-state index is 0.131. The highest BCUT2D eigenvalue weighted by atomic mass is 35.5. The van der Waals surface area contributed by atoms with Gasteiger partial charge in [-0.1, -0.05) is 41.9 Å². The molecule has 0 aliphatic heterocycles. The summed E-state index contributed by atoms with van der Waals surface area (Å²) in [6, 6.07) is 10.3. The molecular weight excluding hydrogens is 242 g/mol. The second-order valence-corrected chi connectivity index (χ2v) is 3.74. The van der Waals surface area contributed by atoms with Crippen LogP contribution in [0.5, 0.6) is 0 Å². The highest BCUT2D eigenvalue weighted by molar-refractivity contribution is 6.30. The van der Waals surface area contributed by atoms with E-state index in [9.17, 15) is 10.1 Å². The molecule has 0 fully saturated rings. The molecule has 2 aromatic rings. The smallest absolute Gasteiger partial charge is 0.319 e. The molecule has 0 saturated carbocycles. The Morgan fingerprint density at radius 1 is 1.29 bits per heavy atom. The van der Waals surface area contributed by atoms with Crippen LogP contribution in [0.3, 0.4) is 0 Å². The lowest BCUT2D eigenvalue weighted by molar-refractivity contribution is -0.383. The number of nitrogen functional groups attached to an aromatic ring is 1. The number of hydrogen-bond acceptors (Lipinski definition) is 4. The molecule has 0 bridgehead atoms. The van der Waals surface area contributed by atoms with E-state index in [1.165, 1.54) is 6.07 Å². The van der Waals surface area contributed by atoms with Gasteiger partial charge in [-0.15, -0.1) is 0 Å². The molecule has 0 radical (unpaired) electrons. The van der Waals surface area contributed by atoms with Gasteiger partial charge in [0.15, 0.2) is 0 Å². The number of nitrogens with two attached hydrogens (primary N) is 1. The first-order chi connectivity index (χ1) is 8.09.